The smallest absolute Gasteiger partial charge is 0.336 e. The molecule has 0 amide bonds. The molecule has 4 heteroatoms. The lowest BCUT2D eigenvalue weighted by molar-refractivity contribution is 0.0691. The van der Waals surface area contributed by atoms with Gasteiger partial charge in [0.1, 0.15) is 0 Å². The van der Waals surface area contributed by atoms with Gasteiger partial charge in [-0.3, -0.25) is 4.79 Å². The summed E-state index contributed by atoms with van der Waals surface area (Å²) in [6, 6.07) is 4.89. The zero-order valence-electron chi connectivity index (χ0n) is 8.61. The van der Waals surface area contributed by atoms with E-state index >= 15 is 0 Å². The Morgan fingerprint density at radius 3 is 2.47 bits per heavy atom. The number of thioether (sulfide) groups is 1. The fourth-order valence-corrected chi connectivity index (χ4v) is 1.70. The number of carboxylic acid groups (broad SMARTS) is 1. The van der Waals surface area contributed by atoms with Crippen molar-refractivity contribution in [1.82, 2.24) is 0 Å². The van der Waals surface area contributed by atoms with Crippen molar-refractivity contribution >= 4 is 23.5 Å². The second kappa shape index (κ2) is 4.98. The number of Topliss-reactive ketones (excluding diaryl/α,β-unsaturated/α-hetero) is 1. The number of ketones is 1. The minimum atomic E-state index is -1.05. The minimum Gasteiger partial charge on any atom is -0.478 e. The third-order valence-corrected chi connectivity index (χ3v) is 2.80. The van der Waals surface area contributed by atoms with Gasteiger partial charge in [-0.1, -0.05) is 6.92 Å². The molecule has 0 fully saturated rings. The lowest BCUT2D eigenvalue weighted by Crippen LogP contribution is -2.07. The van der Waals surface area contributed by atoms with Gasteiger partial charge in [0.2, 0.25) is 0 Å². The third kappa shape index (κ3) is 2.59. The van der Waals surface area contributed by atoms with Crippen molar-refractivity contribution in [3.63, 3.8) is 0 Å². The van der Waals surface area contributed by atoms with Crippen LogP contribution in [0.2, 0.25) is 0 Å². The normalized spacial score (nSPS) is 10.0. The van der Waals surface area contributed by atoms with Gasteiger partial charge in [0.15, 0.2) is 5.78 Å². The molecule has 1 N–H and O–H groups in total. The summed E-state index contributed by atoms with van der Waals surface area (Å²) in [5.74, 6) is -1.19. The topological polar surface area (TPSA) is 54.4 Å². The molecular weight excluding hydrogens is 212 g/mol. The van der Waals surface area contributed by atoms with Crippen LogP contribution in [-0.2, 0) is 0 Å². The second-order valence-electron chi connectivity index (χ2n) is 2.99. The number of carboxylic acids is 1. The molecule has 0 aromatic heterocycles. The van der Waals surface area contributed by atoms with E-state index in [0.29, 0.717) is 12.0 Å². The Labute approximate surface area is 92.5 Å². The zero-order chi connectivity index (χ0) is 11.4. The highest BCUT2D eigenvalue weighted by molar-refractivity contribution is 7.98. The summed E-state index contributed by atoms with van der Waals surface area (Å²) < 4.78 is 0. The molecule has 1 aromatic rings. The maximum absolute atomic E-state index is 11.5. The number of hydrogen-bond acceptors (Lipinski definition) is 3. The van der Waals surface area contributed by atoms with Crippen molar-refractivity contribution in [2.75, 3.05) is 6.26 Å². The van der Waals surface area contributed by atoms with Gasteiger partial charge in [0.05, 0.1) is 5.56 Å². The molecule has 0 heterocycles. The van der Waals surface area contributed by atoms with Gasteiger partial charge < -0.3 is 5.11 Å². The van der Waals surface area contributed by atoms with Crippen LogP contribution >= 0.6 is 11.8 Å². The number of benzene rings is 1. The van der Waals surface area contributed by atoms with Crippen LogP contribution in [0.3, 0.4) is 0 Å². The highest BCUT2D eigenvalue weighted by Gasteiger charge is 2.15. The summed E-state index contributed by atoms with van der Waals surface area (Å²) in [6.07, 6.45) is 2.18. The Kier molecular flexibility index (Phi) is 3.91. The molecule has 15 heavy (non-hydrogen) atoms. The van der Waals surface area contributed by atoms with Crippen molar-refractivity contribution < 1.29 is 14.7 Å². The van der Waals surface area contributed by atoms with E-state index in [4.69, 9.17) is 5.11 Å². The molecule has 0 unspecified atom stereocenters. The molecule has 80 valence electrons. The summed E-state index contributed by atoms with van der Waals surface area (Å²) in [7, 11) is 0. The summed E-state index contributed by atoms with van der Waals surface area (Å²) in [5, 5.41) is 8.97. The molecule has 3 nitrogen and oxygen atoms in total. The highest BCUT2D eigenvalue weighted by Crippen LogP contribution is 2.20. The average Bonchev–Trinajstić information content (AvgIpc) is 2.27. The molecule has 0 aliphatic carbocycles. The first kappa shape index (κ1) is 11.8. The van der Waals surface area contributed by atoms with Gasteiger partial charge in [-0.25, -0.2) is 4.79 Å². The summed E-state index contributed by atoms with van der Waals surface area (Å²) >= 11 is 1.45. The standard InChI is InChI=1S/C11H12O3S/c1-3-10(12)8-5-4-7(15-2)6-9(8)11(13)14/h4-6H,3H2,1-2H3,(H,13,14). The van der Waals surface area contributed by atoms with E-state index in [1.165, 1.54) is 17.8 Å². The Hall–Kier alpha value is -1.29. The molecule has 0 aliphatic heterocycles. The number of carbonyl (C=O) groups is 2. The monoisotopic (exact) mass is 224 g/mol. The lowest BCUT2D eigenvalue weighted by Gasteiger charge is -2.05. The first-order chi connectivity index (χ1) is 7.10. The Morgan fingerprint density at radius 1 is 1.33 bits per heavy atom. The molecule has 0 saturated heterocycles. The predicted molar refractivity (Wildman–Crippen MR) is 59.8 cm³/mol. The van der Waals surface area contributed by atoms with E-state index in [1.54, 1.807) is 19.1 Å². The molecule has 0 atom stereocenters. The van der Waals surface area contributed by atoms with Gasteiger partial charge in [-0.15, -0.1) is 11.8 Å². The van der Waals surface area contributed by atoms with Crippen LogP contribution in [0.4, 0.5) is 0 Å². The van der Waals surface area contributed by atoms with Crippen molar-refractivity contribution in [3.05, 3.63) is 29.3 Å². The first-order valence-electron chi connectivity index (χ1n) is 4.54. The first-order valence-corrected chi connectivity index (χ1v) is 5.77. The summed E-state index contributed by atoms with van der Waals surface area (Å²) in [4.78, 5) is 23.3. The molecule has 0 bridgehead atoms. The SMILES string of the molecule is CCC(=O)c1ccc(SC)cc1C(=O)O. The molecular formula is C11H12O3S. The fourth-order valence-electron chi connectivity index (χ4n) is 1.26. The van der Waals surface area contributed by atoms with Crippen molar-refractivity contribution in [1.29, 1.82) is 0 Å². The molecule has 1 rings (SSSR count). The third-order valence-electron chi connectivity index (χ3n) is 2.08. The van der Waals surface area contributed by atoms with Gasteiger partial charge in [-0.2, -0.15) is 0 Å². The fraction of sp³-hybridized carbons (Fsp3) is 0.273. The highest BCUT2D eigenvalue weighted by atomic mass is 32.2. The Morgan fingerprint density at radius 2 is 2.00 bits per heavy atom. The van der Waals surface area contributed by atoms with Crippen LogP contribution < -0.4 is 0 Å². The van der Waals surface area contributed by atoms with Gasteiger partial charge >= 0.3 is 5.97 Å². The van der Waals surface area contributed by atoms with Crippen molar-refractivity contribution in [2.45, 2.75) is 18.2 Å². The minimum absolute atomic E-state index is 0.0914. The van der Waals surface area contributed by atoms with E-state index in [1.807, 2.05) is 6.26 Å². The van der Waals surface area contributed by atoms with Crippen LogP contribution in [0.15, 0.2) is 23.1 Å². The average molecular weight is 224 g/mol. The Balaban J connectivity index is 3.27. The van der Waals surface area contributed by atoms with Crippen molar-refractivity contribution in [2.24, 2.45) is 0 Å². The molecule has 0 radical (unpaired) electrons. The van der Waals surface area contributed by atoms with E-state index < -0.39 is 5.97 Å². The van der Waals surface area contributed by atoms with Crippen LogP contribution in [0.5, 0.6) is 0 Å². The maximum atomic E-state index is 11.5. The van der Waals surface area contributed by atoms with Gasteiger partial charge in [0.25, 0.3) is 0 Å². The van der Waals surface area contributed by atoms with Crippen LogP contribution in [0.1, 0.15) is 34.1 Å². The van der Waals surface area contributed by atoms with Crippen molar-refractivity contribution in [3.8, 4) is 0 Å². The maximum Gasteiger partial charge on any atom is 0.336 e. The quantitative estimate of drug-likeness (QED) is 0.631. The summed E-state index contributed by atoms with van der Waals surface area (Å²) in [5.41, 5.74) is 0.386. The zero-order valence-corrected chi connectivity index (χ0v) is 9.43. The van der Waals surface area contributed by atoms with E-state index in [-0.39, 0.29) is 11.3 Å². The van der Waals surface area contributed by atoms with Crippen LogP contribution in [0.25, 0.3) is 0 Å². The summed E-state index contributed by atoms with van der Waals surface area (Å²) in [6.45, 7) is 1.72. The van der Waals surface area contributed by atoms with Gasteiger partial charge in [-0.05, 0) is 24.5 Å². The van der Waals surface area contributed by atoms with E-state index in [0.717, 1.165) is 4.90 Å². The number of hydrogen-bond donors (Lipinski definition) is 1. The van der Waals surface area contributed by atoms with E-state index in [9.17, 15) is 9.59 Å². The predicted octanol–water partition coefficient (Wildman–Crippen LogP) is 2.70. The lowest BCUT2D eigenvalue weighted by atomic mass is 10.0. The Bertz CT molecular complexity index is 399. The van der Waals surface area contributed by atoms with Gasteiger partial charge in [0, 0.05) is 16.9 Å². The molecule has 0 saturated carbocycles. The largest absolute Gasteiger partial charge is 0.478 e. The second-order valence-corrected chi connectivity index (χ2v) is 3.87. The molecule has 1 aromatic carbocycles. The molecule has 0 spiro atoms. The van der Waals surface area contributed by atoms with Crippen LogP contribution in [0, 0.1) is 0 Å². The van der Waals surface area contributed by atoms with E-state index in [2.05, 4.69) is 0 Å². The van der Waals surface area contributed by atoms with Crippen LogP contribution in [-0.4, -0.2) is 23.1 Å². The number of rotatable bonds is 4. The number of carbonyl (C=O) groups excluding carboxylic acids is 1. The molecule has 0 aliphatic rings. The number of aromatic carboxylic acids is 1.